The van der Waals surface area contributed by atoms with Gasteiger partial charge in [0.25, 0.3) is 11.8 Å². The third kappa shape index (κ3) is 8.36. The number of rotatable bonds is 10. The molecule has 1 aliphatic heterocycles. The summed E-state index contributed by atoms with van der Waals surface area (Å²) < 4.78 is 0. The van der Waals surface area contributed by atoms with Gasteiger partial charge in [-0.1, -0.05) is 54.6 Å². The summed E-state index contributed by atoms with van der Waals surface area (Å²) in [6, 6.07) is 21.7. The number of nitrogens with one attached hydrogen (secondary N) is 1. The molecule has 9 heteroatoms. The molecule has 0 bridgehead atoms. The number of hydrogen-bond acceptors (Lipinski definition) is 7. The summed E-state index contributed by atoms with van der Waals surface area (Å²) >= 11 is 2.92. The second-order valence-electron chi connectivity index (χ2n) is 9.66. The highest BCUT2D eigenvalue weighted by Gasteiger charge is 2.30. The number of thiophene rings is 1. The van der Waals surface area contributed by atoms with E-state index < -0.39 is 6.04 Å². The minimum Gasteiger partial charge on any atom is -0.341 e. The van der Waals surface area contributed by atoms with E-state index in [1.807, 2.05) is 65.7 Å². The molecule has 0 saturated carbocycles. The molecule has 2 atom stereocenters. The van der Waals surface area contributed by atoms with Gasteiger partial charge in [0.05, 0.1) is 30.6 Å². The Morgan fingerprint density at radius 3 is 2.41 bits per heavy atom. The predicted octanol–water partition coefficient (Wildman–Crippen LogP) is 4.15. The van der Waals surface area contributed by atoms with Gasteiger partial charge in [0.1, 0.15) is 0 Å². The third-order valence-electron chi connectivity index (χ3n) is 6.64. The van der Waals surface area contributed by atoms with Crippen LogP contribution < -0.4 is 5.32 Å². The largest absolute Gasteiger partial charge is 0.341 e. The van der Waals surface area contributed by atoms with Crippen LogP contribution in [0.15, 0.2) is 78.2 Å². The molecule has 2 aromatic carbocycles. The summed E-state index contributed by atoms with van der Waals surface area (Å²) in [5, 5.41) is 4.75. The quantitative estimate of drug-likeness (QED) is 0.399. The summed E-state index contributed by atoms with van der Waals surface area (Å²) in [6.45, 7) is 2.58. The molecule has 4 rings (SSSR count). The van der Waals surface area contributed by atoms with Crippen molar-refractivity contribution in [3.63, 3.8) is 0 Å². The number of hydrogen-bond donors (Lipinski definition) is 1. The molecule has 1 aliphatic rings. The standard InChI is InChI=1S/C30H33N3O4S2/c1-22-14-15-32(17-25(34)18-33(22)30(37)24-11-6-3-7-12-24)19-27(35)26(31-29(36)28-13-8-16-39-28)21-38-20-23-9-4-2-5-10-23/h2-13,16,22,26H,14-15,17-21H2,1H3,(H,31,36)/t22-,26-/m0/s1. The SMILES string of the molecule is C[C@H]1CCN(CC(=O)[C@H](CSCc2ccccc2)NC(=O)c2cccs2)CC(=O)CN1C(=O)c1ccccc1. The number of nitrogens with zero attached hydrogens (tertiary/aromatic N) is 2. The molecule has 2 heterocycles. The van der Waals surface area contributed by atoms with E-state index in [2.05, 4.69) is 5.32 Å². The Morgan fingerprint density at radius 2 is 1.72 bits per heavy atom. The molecule has 7 nitrogen and oxygen atoms in total. The zero-order valence-corrected chi connectivity index (χ0v) is 23.6. The molecule has 1 saturated heterocycles. The van der Waals surface area contributed by atoms with E-state index in [1.54, 1.807) is 40.9 Å². The van der Waals surface area contributed by atoms with Gasteiger partial charge < -0.3 is 10.2 Å². The minimum absolute atomic E-state index is 0.00501. The molecule has 1 fully saturated rings. The fraction of sp³-hybridized carbons (Fsp3) is 0.333. The molecule has 204 valence electrons. The monoisotopic (exact) mass is 563 g/mol. The summed E-state index contributed by atoms with van der Waals surface area (Å²) in [4.78, 5) is 56.2. The first-order valence-electron chi connectivity index (χ1n) is 13.0. The van der Waals surface area contributed by atoms with E-state index in [0.717, 1.165) is 11.3 Å². The zero-order chi connectivity index (χ0) is 27.6. The average molecular weight is 564 g/mol. The van der Waals surface area contributed by atoms with Gasteiger partial charge in [-0.2, -0.15) is 11.8 Å². The number of carbonyl (C=O) groups is 4. The second-order valence-corrected chi connectivity index (χ2v) is 11.6. The van der Waals surface area contributed by atoms with Crippen molar-refractivity contribution in [1.82, 2.24) is 15.1 Å². The van der Waals surface area contributed by atoms with Crippen molar-refractivity contribution >= 4 is 46.5 Å². The van der Waals surface area contributed by atoms with Gasteiger partial charge in [-0.3, -0.25) is 24.1 Å². The average Bonchev–Trinajstić information content (AvgIpc) is 3.49. The second kappa shape index (κ2) is 14.2. The molecule has 1 aromatic heterocycles. The van der Waals surface area contributed by atoms with Crippen molar-refractivity contribution in [3.05, 3.63) is 94.2 Å². The molecule has 0 spiro atoms. The van der Waals surface area contributed by atoms with Gasteiger partial charge in [-0.05, 0) is 42.5 Å². The van der Waals surface area contributed by atoms with Crippen LogP contribution in [0.25, 0.3) is 0 Å². The fourth-order valence-corrected chi connectivity index (χ4v) is 6.13. The van der Waals surface area contributed by atoms with Crippen LogP contribution in [0.2, 0.25) is 0 Å². The van der Waals surface area contributed by atoms with Crippen molar-refractivity contribution in [1.29, 1.82) is 0 Å². The number of benzene rings is 2. The predicted molar refractivity (Wildman–Crippen MR) is 156 cm³/mol. The van der Waals surface area contributed by atoms with Crippen LogP contribution in [0.3, 0.4) is 0 Å². The number of amides is 2. The Labute approximate surface area is 237 Å². The number of Topliss-reactive ketones (excluding diaryl/α,β-unsaturated/α-hetero) is 2. The van der Waals surface area contributed by atoms with Crippen LogP contribution >= 0.6 is 23.1 Å². The smallest absolute Gasteiger partial charge is 0.261 e. The van der Waals surface area contributed by atoms with Gasteiger partial charge in [-0.15, -0.1) is 11.3 Å². The van der Waals surface area contributed by atoms with Crippen LogP contribution in [0.5, 0.6) is 0 Å². The topological polar surface area (TPSA) is 86.8 Å². The van der Waals surface area contributed by atoms with Crippen LogP contribution in [-0.4, -0.2) is 77.2 Å². The fourth-order valence-electron chi connectivity index (χ4n) is 4.45. The highest BCUT2D eigenvalue weighted by atomic mass is 32.2. The molecule has 3 aromatic rings. The van der Waals surface area contributed by atoms with Crippen LogP contribution in [0, 0.1) is 0 Å². The van der Waals surface area contributed by atoms with Crippen molar-refractivity contribution in [2.45, 2.75) is 31.2 Å². The minimum atomic E-state index is -0.678. The highest BCUT2D eigenvalue weighted by molar-refractivity contribution is 7.98. The molecule has 0 aliphatic carbocycles. The third-order valence-corrected chi connectivity index (χ3v) is 8.61. The lowest BCUT2D eigenvalue weighted by Crippen LogP contribution is -2.52. The van der Waals surface area contributed by atoms with E-state index in [-0.39, 0.29) is 49.1 Å². The molecule has 0 unspecified atom stereocenters. The van der Waals surface area contributed by atoms with Crippen LogP contribution in [0.1, 0.15) is 38.9 Å². The molecule has 39 heavy (non-hydrogen) atoms. The Bertz CT molecular complexity index is 1250. The Hall–Kier alpha value is -3.27. The molecular formula is C30H33N3O4S2. The van der Waals surface area contributed by atoms with E-state index in [1.165, 1.54) is 11.3 Å². The highest BCUT2D eigenvalue weighted by Crippen LogP contribution is 2.17. The Kier molecular flexibility index (Phi) is 10.5. The lowest BCUT2D eigenvalue weighted by Gasteiger charge is -2.34. The summed E-state index contributed by atoms with van der Waals surface area (Å²) in [7, 11) is 0. The first-order chi connectivity index (χ1) is 18.9. The maximum Gasteiger partial charge on any atom is 0.261 e. The maximum atomic E-state index is 13.5. The Morgan fingerprint density at radius 1 is 1.00 bits per heavy atom. The summed E-state index contributed by atoms with van der Waals surface area (Å²) in [6.07, 6.45) is 0.633. The van der Waals surface area contributed by atoms with Gasteiger partial charge in [0.15, 0.2) is 11.6 Å². The van der Waals surface area contributed by atoms with Crippen molar-refractivity contribution in [2.75, 3.05) is 31.9 Å². The van der Waals surface area contributed by atoms with E-state index >= 15 is 0 Å². The first kappa shape index (κ1) is 28.7. The Balaban J connectivity index is 1.38. The van der Waals surface area contributed by atoms with Crippen LogP contribution in [0.4, 0.5) is 0 Å². The molecular weight excluding hydrogens is 530 g/mol. The number of thioether (sulfide) groups is 1. The zero-order valence-electron chi connectivity index (χ0n) is 22.0. The van der Waals surface area contributed by atoms with Gasteiger partial charge in [0, 0.05) is 29.7 Å². The van der Waals surface area contributed by atoms with Crippen LogP contribution in [-0.2, 0) is 15.3 Å². The lowest BCUT2D eigenvalue weighted by molar-refractivity contribution is -0.125. The van der Waals surface area contributed by atoms with Crippen molar-refractivity contribution in [2.24, 2.45) is 0 Å². The lowest BCUT2D eigenvalue weighted by atomic mass is 10.1. The van der Waals surface area contributed by atoms with Crippen molar-refractivity contribution < 1.29 is 19.2 Å². The van der Waals surface area contributed by atoms with E-state index in [0.29, 0.717) is 29.2 Å². The number of ketones is 2. The van der Waals surface area contributed by atoms with Gasteiger partial charge >= 0.3 is 0 Å². The summed E-state index contributed by atoms with van der Waals surface area (Å²) in [5.41, 5.74) is 1.71. The molecule has 0 radical (unpaired) electrons. The van der Waals surface area contributed by atoms with Gasteiger partial charge in [-0.25, -0.2) is 0 Å². The normalized spacial score (nSPS) is 17.2. The number of carbonyl (C=O) groups excluding carboxylic acids is 4. The van der Waals surface area contributed by atoms with E-state index in [4.69, 9.17) is 0 Å². The molecule has 1 N–H and O–H groups in total. The first-order valence-corrected chi connectivity index (χ1v) is 15.0. The maximum absolute atomic E-state index is 13.5. The van der Waals surface area contributed by atoms with E-state index in [9.17, 15) is 19.2 Å². The van der Waals surface area contributed by atoms with Gasteiger partial charge in [0.2, 0.25) is 0 Å². The van der Waals surface area contributed by atoms with Crippen molar-refractivity contribution in [3.8, 4) is 0 Å². The molecule has 2 amide bonds. The summed E-state index contributed by atoms with van der Waals surface area (Å²) in [5.74, 6) is 0.492.